The second-order valence-corrected chi connectivity index (χ2v) is 10.4. The van der Waals surface area contributed by atoms with Gasteiger partial charge in [-0.3, -0.25) is 19.5 Å². The summed E-state index contributed by atoms with van der Waals surface area (Å²) in [5.41, 5.74) is 1.53. The summed E-state index contributed by atoms with van der Waals surface area (Å²) in [5.74, 6) is -0.429. The Morgan fingerprint density at radius 2 is 1.90 bits per heavy atom. The van der Waals surface area contributed by atoms with E-state index < -0.39 is 28.5 Å². The van der Waals surface area contributed by atoms with Crippen LogP contribution in [0.1, 0.15) is 47.1 Å². The van der Waals surface area contributed by atoms with Crippen LogP contribution in [0.15, 0.2) is 80.1 Å². The van der Waals surface area contributed by atoms with Crippen LogP contribution in [0.5, 0.6) is 0 Å². The first-order chi connectivity index (χ1) is 20.1. The van der Waals surface area contributed by atoms with Gasteiger partial charge < -0.3 is 13.9 Å². The third kappa shape index (κ3) is 5.07. The van der Waals surface area contributed by atoms with E-state index in [2.05, 4.69) is 4.99 Å². The van der Waals surface area contributed by atoms with Gasteiger partial charge in [-0.15, -0.1) is 0 Å². The summed E-state index contributed by atoms with van der Waals surface area (Å²) >= 11 is 1.09. The molecule has 42 heavy (non-hydrogen) atoms. The van der Waals surface area contributed by atoms with Crippen molar-refractivity contribution in [3.63, 3.8) is 0 Å². The number of rotatable bonds is 7. The molecule has 3 heterocycles. The quantitative estimate of drug-likeness (QED) is 0.179. The maximum atomic E-state index is 13.8. The molecular weight excluding hydrogens is 562 g/mol. The molecule has 0 fully saturated rings. The van der Waals surface area contributed by atoms with Crippen LogP contribution >= 0.6 is 11.3 Å². The van der Waals surface area contributed by atoms with Crippen LogP contribution in [0.2, 0.25) is 0 Å². The summed E-state index contributed by atoms with van der Waals surface area (Å²) in [4.78, 5) is 55.2. The zero-order valence-electron chi connectivity index (χ0n) is 23.1. The van der Waals surface area contributed by atoms with Crippen LogP contribution in [0.25, 0.3) is 17.4 Å². The molecule has 0 spiro atoms. The van der Waals surface area contributed by atoms with E-state index in [1.165, 1.54) is 17.7 Å². The minimum absolute atomic E-state index is 0.0979. The minimum Gasteiger partial charge on any atom is -0.465 e. The smallest absolute Gasteiger partial charge is 0.338 e. The summed E-state index contributed by atoms with van der Waals surface area (Å²) in [6.07, 6.45) is 1.55. The first kappa shape index (κ1) is 28.4. The molecule has 12 heteroatoms. The lowest BCUT2D eigenvalue weighted by molar-refractivity contribution is -0.385. The van der Waals surface area contributed by atoms with Crippen LogP contribution in [0.3, 0.4) is 0 Å². The Balaban J connectivity index is 1.66. The number of hydrogen-bond donors (Lipinski definition) is 0. The number of furan rings is 1. The number of esters is 2. The Hall–Kier alpha value is -5.10. The molecule has 0 aliphatic carbocycles. The molecule has 1 atom stereocenters. The number of aromatic nitrogens is 1. The number of nitro groups is 1. The van der Waals surface area contributed by atoms with Gasteiger partial charge in [0.05, 0.1) is 46.0 Å². The maximum Gasteiger partial charge on any atom is 0.338 e. The van der Waals surface area contributed by atoms with Crippen molar-refractivity contribution in [2.75, 3.05) is 13.7 Å². The van der Waals surface area contributed by atoms with Crippen molar-refractivity contribution < 1.29 is 28.4 Å². The summed E-state index contributed by atoms with van der Waals surface area (Å²) < 4.78 is 17.7. The van der Waals surface area contributed by atoms with E-state index in [1.54, 1.807) is 75.4 Å². The van der Waals surface area contributed by atoms with E-state index in [0.717, 1.165) is 11.3 Å². The van der Waals surface area contributed by atoms with Crippen molar-refractivity contribution in [1.82, 2.24) is 4.57 Å². The van der Waals surface area contributed by atoms with Gasteiger partial charge in [-0.2, -0.15) is 0 Å². The molecule has 0 bridgehead atoms. The monoisotopic (exact) mass is 587 g/mol. The third-order valence-corrected chi connectivity index (χ3v) is 7.74. The van der Waals surface area contributed by atoms with E-state index >= 15 is 0 Å². The average Bonchev–Trinajstić information content (AvgIpc) is 3.56. The molecule has 0 saturated heterocycles. The molecule has 11 nitrogen and oxygen atoms in total. The fraction of sp³-hybridized carbons (Fsp3) is 0.200. The summed E-state index contributed by atoms with van der Waals surface area (Å²) in [5, 5.41) is 11.7. The van der Waals surface area contributed by atoms with Gasteiger partial charge in [0, 0.05) is 23.3 Å². The van der Waals surface area contributed by atoms with Crippen LogP contribution in [-0.4, -0.2) is 35.1 Å². The number of aryl methyl sites for hydroxylation is 1. The lowest BCUT2D eigenvalue weighted by atomic mass is 9.94. The van der Waals surface area contributed by atoms with Crippen LogP contribution in [-0.2, 0) is 14.3 Å². The topological polar surface area (TPSA) is 143 Å². The third-order valence-electron chi connectivity index (χ3n) is 6.76. The van der Waals surface area contributed by atoms with Crippen molar-refractivity contribution >= 4 is 35.0 Å². The number of nitrogens with zero attached hydrogens (tertiary/aromatic N) is 3. The molecule has 1 aliphatic rings. The molecule has 2 aromatic heterocycles. The number of ether oxygens (including phenoxy) is 2. The van der Waals surface area contributed by atoms with Crippen molar-refractivity contribution in [3.05, 3.63) is 118 Å². The number of fused-ring (bicyclic) bond motifs is 1. The SMILES string of the molecule is CCOC(=O)C1=C(C)N=c2sc(=Cc3ccc(-c4ccccc4C(=O)OC)o3)c(=O)n2C1c1ccc(C)c([N+](=O)[O-])c1. The van der Waals surface area contributed by atoms with Gasteiger partial charge in [0.15, 0.2) is 4.80 Å². The molecule has 1 unspecified atom stereocenters. The number of nitro benzene ring substituents is 1. The van der Waals surface area contributed by atoms with E-state index in [4.69, 9.17) is 13.9 Å². The van der Waals surface area contributed by atoms with E-state index in [0.29, 0.717) is 44.3 Å². The number of allylic oxidation sites excluding steroid dienone is 1. The molecule has 2 aromatic carbocycles. The zero-order valence-corrected chi connectivity index (χ0v) is 23.9. The Morgan fingerprint density at radius 3 is 2.62 bits per heavy atom. The van der Waals surface area contributed by atoms with Gasteiger partial charge in [-0.25, -0.2) is 14.6 Å². The highest BCUT2D eigenvalue weighted by Gasteiger charge is 2.34. The highest BCUT2D eigenvalue weighted by Crippen LogP contribution is 2.33. The number of carbonyl (C=O) groups excluding carboxylic acids is 2. The fourth-order valence-electron chi connectivity index (χ4n) is 4.79. The van der Waals surface area contributed by atoms with Gasteiger partial charge in [0.1, 0.15) is 11.5 Å². The predicted molar refractivity (Wildman–Crippen MR) is 154 cm³/mol. The zero-order chi connectivity index (χ0) is 30.1. The minimum atomic E-state index is -0.999. The lowest BCUT2D eigenvalue weighted by Crippen LogP contribution is -2.40. The first-order valence-corrected chi connectivity index (χ1v) is 13.7. The average molecular weight is 588 g/mol. The molecule has 0 radical (unpaired) electrons. The highest BCUT2D eigenvalue weighted by molar-refractivity contribution is 7.07. The summed E-state index contributed by atoms with van der Waals surface area (Å²) in [6, 6.07) is 13.8. The van der Waals surface area contributed by atoms with Gasteiger partial charge in [0.25, 0.3) is 11.2 Å². The molecule has 0 amide bonds. The molecule has 214 valence electrons. The number of hydrogen-bond acceptors (Lipinski definition) is 10. The number of thiazole rings is 1. The number of carbonyl (C=O) groups is 2. The van der Waals surface area contributed by atoms with Crippen molar-refractivity contribution in [2.24, 2.45) is 4.99 Å². The first-order valence-electron chi connectivity index (χ1n) is 12.9. The van der Waals surface area contributed by atoms with E-state index in [-0.39, 0.29) is 22.4 Å². The van der Waals surface area contributed by atoms with Gasteiger partial charge in [-0.05, 0) is 44.5 Å². The van der Waals surface area contributed by atoms with E-state index in [1.807, 2.05) is 0 Å². The van der Waals surface area contributed by atoms with Crippen LogP contribution in [0, 0.1) is 17.0 Å². The molecule has 5 rings (SSSR count). The predicted octanol–water partition coefficient (Wildman–Crippen LogP) is 4.06. The second-order valence-electron chi connectivity index (χ2n) is 9.34. The number of methoxy groups -OCH3 is 1. The Bertz CT molecular complexity index is 1960. The Morgan fingerprint density at radius 1 is 1.14 bits per heavy atom. The standard InChI is InChI=1S/C30H25N3O8S/c1-5-40-29(36)25-17(3)31-30-32(26(25)18-11-10-16(2)22(14-18)33(37)38)27(34)24(42-30)15-19-12-13-23(41-19)20-8-6-7-9-21(20)28(35)39-4/h6-15,26H,5H2,1-4H3. The van der Waals surface area contributed by atoms with Crippen molar-refractivity contribution in [2.45, 2.75) is 26.8 Å². The molecule has 1 aliphatic heterocycles. The van der Waals surface area contributed by atoms with E-state index in [9.17, 15) is 24.5 Å². The molecule has 0 saturated carbocycles. The largest absolute Gasteiger partial charge is 0.465 e. The molecular formula is C30H25N3O8S. The lowest BCUT2D eigenvalue weighted by Gasteiger charge is -2.24. The normalized spacial score (nSPS) is 14.8. The summed E-state index contributed by atoms with van der Waals surface area (Å²) in [7, 11) is 1.30. The fourth-order valence-corrected chi connectivity index (χ4v) is 5.82. The highest BCUT2D eigenvalue weighted by atomic mass is 32.1. The van der Waals surface area contributed by atoms with Crippen molar-refractivity contribution in [3.8, 4) is 11.3 Å². The molecule has 4 aromatic rings. The van der Waals surface area contributed by atoms with Crippen molar-refractivity contribution in [1.29, 1.82) is 0 Å². The van der Waals surface area contributed by atoms with Crippen LogP contribution in [0.4, 0.5) is 5.69 Å². The maximum absolute atomic E-state index is 13.8. The van der Waals surface area contributed by atoms with Crippen LogP contribution < -0.4 is 14.9 Å². The second kappa shape index (κ2) is 11.4. The Kier molecular flexibility index (Phi) is 7.72. The number of benzene rings is 2. The molecule has 0 N–H and O–H groups in total. The Labute approximate surface area is 242 Å². The van der Waals surface area contributed by atoms with Gasteiger partial charge in [0.2, 0.25) is 0 Å². The van der Waals surface area contributed by atoms with Gasteiger partial charge >= 0.3 is 11.9 Å². The summed E-state index contributed by atoms with van der Waals surface area (Å²) in [6.45, 7) is 5.01. The van der Waals surface area contributed by atoms with Gasteiger partial charge in [-0.1, -0.05) is 41.7 Å².